The van der Waals surface area contributed by atoms with E-state index in [0.29, 0.717) is 0 Å². The third-order valence-electron chi connectivity index (χ3n) is 5.18. The number of nitrogens with one attached hydrogen (secondary N) is 2. The molecule has 7 heteroatoms. The smallest absolute Gasteiger partial charge is 0.197 e. The van der Waals surface area contributed by atoms with Gasteiger partial charge in [-0.1, -0.05) is 30.3 Å². The number of guanidine groups is 1. The van der Waals surface area contributed by atoms with Gasteiger partial charge < -0.3 is 16.4 Å². The van der Waals surface area contributed by atoms with Crippen molar-refractivity contribution < 1.29 is 0 Å². The van der Waals surface area contributed by atoms with Crippen LogP contribution >= 0.6 is 11.3 Å². The van der Waals surface area contributed by atoms with Crippen LogP contribution < -0.4 is 16.4 Å². The van der Waals surface area contributed by atoms with Gasteiger partial charge in [0.25, 0.3) is 0 Å². The van der Waals surface area contributed by atoms with E-state index in [2.05, 4.69) is 44.9 Å². The van der Waals surface area contributed by atoms with Gasteiger partial charge in [-0.25, -0.2) is 9.97 Å². The monoisotopic (exact) mass is 390 g/mol. The molecule has 3 heterocycles. The predicted molar refractivity (Wildman–Crippen MR) is 114 cm³/mol. The van der Waals surface area contributed by atoms with Gasteiger partial charge in [0.1, 0.15) is 5.69 Å². The van der Waals surface area contributed by atoms with Gasteiger partial charge in [-0.3, -0.25) is 4.99 Å². The number of hydrogen-bond acceptors (Lipinski definition) is 7. The van der Waals surface area contributed by atoms with Crippen LogP contribution in [0.2, 0.25) is 0 Å². The van der Waals surface area contributed by atoms with Crippen molar-refractivity contribution in [1.82, 2.24) is 15.3 Å². The van der Waals surface area contributed by atoms with Crippen LogP contribution in [-0.2, 0) is 5.54 Å². The molecular weight excluding hydrogens is 368 g/mol. The molecule has 0 unspecified atom stereocenters. The lowest BCUT2D eigenvalue weighted by molar-refractivity contribution is 0.740. The number of thiazole rings is 1. The molecule has 4 N–H and O–H groups in total. The summed E-state index contributed by atoms with van der Waals surface area (Å²) >= 11 is 1.55. The molecule has 0 saturated heterocycles. The highest BCUT2D eigenvalue weighted by molar-refractivity contribution is 7.14. The van der Waals surface area contributed by atoms with E-state index in [-0.39, 0.29) is 5.54 Å². The zero-order chi connectivity index (χ0) is 19.0. The zero-order valence-electron chi connectivity index (χ0n) is 15.5. The third kappa shape index (κ3) is 3.50. The Labute approximate surface area is 168 Å². The molecule has 1 aliphatic heterocycles. The standard InChI is InChI=1S/C21H22N6S/c22-21(9-10-21)15-7-5-14(6-8-15)16-3-1-4-17(25-16)18-13-28-20(26-18)27-19-23-11-2-12-24-19/h1,3-8,13H,2,9-12,22H2,(H2,23,24,26,27). The normalized spacial score (nSPS) is 17.5. The quantitative estimate of drug-likeness (QED) is 0.634. The summed E-state index contributed by atoms with van der Waals surface area (Å²) in [7, 11) is 0. The number of aliphatic imine (C=N–C) groups is 1. The number of benzene rings is 1. The van der Waals surface area contributed by atoms with Crippen molar-refractivity contribution in [3.63, 3.8) is 0 Å². The van der Waals surface area contributed by atoms with Crippen molar-refractivity contribution in [2.45, 2.75) is 24.8 Å². The van der Waals surface area contributed by atoms with Crippen LogP contribution in [0.3, 0.4) is 0 Å². The van der Waals surface area contributed by atoms with Crippen molar-refractivity contribution in [1.29, 1.82) is 0 Å². The second-order valence-corrected chi connectivity index (χ2v) is 8.17. The fourth-order valence-corrected chi connectivity index (χ4v) is 4.00. The highest BCUT2D eigenvalue weighted by atomic mass is 32.1. The maximum Gasteiger partial charge on any atom is 0.197 e. The highest BCUT2D eigenvalue weighted by Crippen LogP contribution is 2.42. The molecule has 5 rings (SSSR count). The summed E-state index contributed by atoms with van der Waals surface area (Å²) in [6.07, 6.45) is 3.21. The molecule has 2 aromatic heterocycles. The molecule has 1 aromatic carbocycles. The van der Waals surface area contributed by atoms with Gasteiger partial charge in [-0.05, 0) is 37.0 Å². The Balaban J connectivity index is 1.36. The summed E-state index contributed by atoms with van der Waals surface area (Å²) in [4.78, 5) is 13.9. The Kier molecular flexibility index (Phi) is 4.33. The Hall–Kier alpha value is -2.77. The first-order valence-corrected chi connectivity index (χ1v) is 10.5. The molecule has 142 valence electrons. The molecule has 0 spiro atoms. The van der Waals surface area contributed by atoms with Crippen molar-refractivity contribution in [3.05, 3.63) is 53.4 Å². The van der Waals surface area contributed by atoms with E-state index in [9.17, 15) is 0 Å². The van der Waals surface area contributed by atoms with Crippen molar-refractivity contribution >= 4 is 22.4 Å². The van der Waals surface area contributed by atoms with Crippen molar-refractivity contribution in [2.75, 3.05) is 18.4 Å². The fourth-order valence-electron chi connectivity index (χ4n) is 3.30. The molecule has 0 radical (unpaired) electrons. The van der Waals surface area contributed by atoms with Crippen LogP contribution in [0, 0.1) is 0 Å². The second-order valence-electron chi connectivity index (χ2n) is 7.32. The number of hydrogen-bond donors (Lipinski definition) is 3. The fraction of sp³-hybridized carbons (Fsp3) is 0.286. The van der Waals surface area contributed by atoms with Gasteiger partial charge >= 0.3 is 0 Å². The number of anilines is 1. The van der Waals surface area contributed by atoms with Crippen LogP contribution in [0.5, 0.6) is 0 Å². The average molecular weight is 391 g/mol. The van der Waals surface area contributed by atoms with Gasteiger partial charge in [-0.15, -0.1) is 11.3 Å². The highest BCUT2D eigenvalue weighted by Gasteiger charge is 2.39. The van der Waals surface area contributed by atoms with Gasteiger partial charge in [-0.2, -0.15) is 0 Å². The number of nitrogens with two attached hydrogens (primary N) is 1. The van der Waals surface area contributed by atoms with Crippen LogP contribution in [-0.4, -0.2) is 29.0 Å². The topological polar surface area (TPSA) is 88.2 Å². The summed E-state index contributed by atoms with van der Waals surface area (Å²) in [5.41, 5.74) is 11.1. The number of pyridine rings is 1. The molecule has 0 atom stereocenters. The molecule has 1 fully saturated rings. The molecule has 0 bridgehead atoms. The van der Waals surface area contributed by atoms with Crippen LogP contribution in [0.25, 0.3) is 22.6 Å². The van der Waals surface area contributed by atoms with Crippen molar-refractivity contribution in [2.24, 2.45) is 10.7 Å². The first-order chi connectivity index (χ1) is 13.7. The van der Waals surface area contributed by atoms with Crippen LogP contribution in [0.15, 0.2) is 52.8 Å². The lowest BCUT2D eigenvalue weighted by atomic mass is 10.0. The van der Waals surface area contributed by atoms with E-state index < -0.39 is 0 Å². The maximum atomic E-state index is 6.28. The van der Waals surface area contributed by atoms with Gasteiger partial charge in [0.2, 0.25) is 0 Å². The minimum atomic E-state index is -0.102. The summed E-state index contributed by atoms with van der Waals surface area (Å²) in [5, 5.41) is 9.33. The molecule has 1 aliphatic carbocycles. The summed E-state index contributed by atoms with van der Waals surface area (Å²) < 4.78 is 0. The van der Waals surface area contributed by atoms with Crippen LogP contribution in [0.1, 0.15) is 24.8 Å². The first-order valence-electron chi connectivity index (χ1n) is 9.58. The summed E-state index contributed by atoms with van der Waals surface area (Å²) in [6.45, 7) is 1.79. The molecule has 0 amide bonds. The number of rotatable bonds is 4. The molecule has 6 nitrogen and oxygen atoms in total. The van der Waals surface area contributed by atoms with E-state index in [1.807, 2.05) is 23.6 Å². The lowest BCUT2D eigenvalue weighted by Gasteiger charge is -2.14. The predicted octanol–water partition coefficient (Wildman–Crippen LogP) is 3.58. The minimum Gasteiger partial charge on any atom is -0.356 e. The number of nitrogens with zero attached hydrogens (tertiary/aromatic N) is 3. The maximum absolute atomic E-state index is 6.28. The Morgan fingerprint density at radius 3 is 2.57 bits per heavy atom. The van der Waals surface area contributed by atoms with Gasteiger partial charge in [0.05, 0.1) is 11.4 Å². The van der Waals surface area contributed by atoms with Gasteiger partial charge in [0.15, 0.2) is 11.1 Å². The van der Waals surface area contributed by atoms with E-state index in [4.69, 9.17) is 10.7 Å². The van der Waals surface area contributed by atoms with E-state index >= 15 is 0 Å². The van der Waals surface area contributed by atoms with E-state index in [0.717, 1.165) is 66.1 Å². The zero-order valence-corrected chi connectivity index (χ0v) is 16.3. The lowest BCUT2D eigenvalue weighted by Crippen LogP contribution is -2.35. The Morgan fingerprint density at radius 1 is 1.00 bits per heavy atom. The van der Waals surface area contributed by atoms with E-state index in [1.54, 1.807) is 11.3 Å². The molecule has 3 aromatic rings. The van der Waals surface area contributed by atoms with Gasteiger partial charge in [0, 0.05) is 29.6 Å². The number of aromatic nitrogens is 2. The minimum absolute atomic E-state index is 0.102. The molecule has 28 heavy (non-hydrogen) atoms. The SMILES string of the molecule is NC1(c2ccc(-c3cccc(-c4csc(NC5=NCCCN5)n4)n3)cc2)CC1. The average Bonchev–Trinajstić information content (AvgIpc) is 3.33. The summed E-state index contributed by atoms with van der Waals surface area (Å²) in [5.74, 6) is 0.794. The molecular formula is C21H22N6S. The molecule has 1 saturated carbocycles. The molecule has 2 aliphatic rings. The second kappa shape index (κ2) is 7.00. The Bertz CT molecular complexity index is 1020. The van der Waals surface area contributed by atoms with E-state index in [1.165, 1.54) is 5.56 Å². The third-order valence-corrected chi connectivity index (χ3v) is 5.94. The Morgan fingerprint density at radius 2 is 1.82 bits per heavy atom. The van der Waals surface area contributed by atoms with Crippen LogP contribution in [0.4, 0.5) is 5.13 Å². The summed E-state index contributed by atoms with van der Waals surface area (Å²) in [6, 6.07) is 14.5. The van der Waals surface area contributed by atoms with Crippen molar-refractivity contribution in [3.8, 4) is 22.6 Å². The first kappa shape index (κ1) is 17.3. The largest absolute Gasteiger partial charge is 0.356 e.